The zero-order chi connectivity index (χ0) is 17.1. The topological polar surface area (TPSA) is 53.6 Å². The van der Waals surface area contributed by atoms with Crippen molar-refractivity contribution >= 4 is 28.9 Å². The Morgan fingerprint density at radius 2 is 1.92 bits per heavy atom. The molecule has 0 saturated heterocycles. The lowest BCUT2D eigenvalue weighted by atomic mass is 10.2. The molecule has 0 unspecified atom stereocenters. The number of nitrogens with one attached hydrogen (secondary N) is 1. The van der Waals surface area contributed by atoms with E-state index in [4.69, 9.17) is 28.5 Å². The molecule has 0 spiro atoms. The second kappa shape index (κ2) is 6.96. The van der Waals surface area contributed by atoms with E-state index in [2.05, 4.69) is 16.5 Å². The number of rotatable bonds is 4. The Morgan fingerprint density at radius 1 is 1.17 bits per heavy atom. The van der Waals surface area contributed by atoms with Crippen LogP contribution < -0.4 is 5.32 Å². The smallest absolute Gasteiger partial charge is 0.101 e. The first-order valence-corrected chi connectivity index (χ1v) is 8.07. The zero-order valence-corrected chi connectivity index (χ0v) is 14.4. The molecule has 2 aromatic carbocycles. The van der Waals surface area contributed by atoms with E-state index in [1.807, 2.05) is 48.1 Å². The lowest BCUT2D eigenvalue weighted by Gasteiger charge is -2.08. The van der Waals surface area contributed by atoms with Crippen LogP contribution in [0.2, 0.25) is 10.0 Å². The van der Waals surface area contributed by atoms with Gasteiger partial charge in [0.1, 0.15) is 6.07 Å². The summed E-state index contributed by atoms with van der Waals surface area (Å²) in [6, 6.07) is 14.9. The minimum absolute atomic E-state index is 0.454. The molecule has 0 aliphatic rings. The van der Waals surface area contributed by atoms with Crippen molar-refractivity contribution in [3.63, 3.8) is 0 Å². The van der Waals surface area contributed by atoms with Crippen molar-refractivity contribution < 1.29 is 0 Å². The monoisotopic (exact) mass is 356 g/mol. The fourth-order valence-electron chi connectivity index (χ4n) is 2.38. The first-order chi connectivity index (χ1) is 11.6. The summed E-state index contributed by atoms with van der Waals surface area (Å²) < 4.78 is 1.87. The average Bonchev–Trinajstić information content (AvgIpc) is 2.96. The van der Waals surface area contributed by atoms with Gasteiger partial charge in [0.2, 0.25) is 0 Å². The van der Waals surface area contributed by atoms with Gasteiger partial charge in [-0.1, -0.05) is 23.2 Å². The summed E-state index contributed by atoms with van der Waals surface area (Å²) in [6.45, 7) is 2.62. The van der Waals surface area contributed by atoms with E-state index >= 15 is 0 Å². The summed E-state index contributed by atoms with van der Waals surface area (Å²) in [5, 5.41) is 17.9. The summed E-state index contributed by atoms with van der Waals surface area (Å²) in [7, 11) is 0. The number of aromatic nitrogens is 2. The molecule has 1 aromatic heterocycles. The predicted octanol–water partition coefficient (Wildman–Crippen LogP) is 4.97. The normalized spacial score (nSPS) is 10.4. The van der Waals surface area contributed by atoms with E-state index in [0.717, 1.165) is 22.6 Å². The largest absolute Gasteiger partial charge is 0.381 e. The minimum atomic E-state index is 0.454. The number of hydrogen-bond acceptors (Lipinski definition) is 3. The molecule has 0 saturated carbocycles. The highest BCUT2D eigenvalue weighted by Gasteiger charge is 2.08. The molecular formula is C18H14Cl2N4. The molecule has 1 N–H and O–H groups in total. The van der Waals surface area contributed by atoms with E-state index in [-0.39, 0.29) is 0 Å². The van der Waals surface area contributed by atoms with Gasteiger partial charge in [-0.25, -0.2) is 4.68 Å². The molecule has 0 radical (unpaired) electrons. The fraction of sp³-hybridized carbons (Fsp3) is 0.111. The van der Waals surface area contributed by atoms with Crippen LogP contribution in [0.5, 0.6) is 0 Å². The molecule has 4 nitrogen and oxygen atoms in total. The van der Waals surface area contributed by atoms with Gasteiger partial charge in [0.05, 0.1) is 22.5 Å². The number of hydrogen-bond donors (Lipinski definition) is 1. The Labute approximate surface area is 150 Å². The average molecular weight is 357 g/mol. The quantitative estimate of drug-likeness (QED) is 0.717. The molecule has 0 atom stereocenters. The van der Waals surface area contributed by atoms with Gasteiger partial charge < -0.3 is 5.32 Å². The van der Waals surface area contributed by atoms with Crippen molar-refractivity contribution in [1.82, 2.24) is 9.78 Å². The molecule has 0 bridgehead atoms. The summed E-state index contributed by atoms with van der Waals surface area (Å²) in [4.78, 5) is 0. The van der Waals surface area contributed by atoms with E-state index < -0.39 is 0 Å². The Kier molecular flexibility index (Phi) is 4.75. The standard InChI is InChI=1S/C18H14Cl2N4/c1-12-14(10-22-16-4-7-18(20)13(8-16)9-21)11-23-24(12)17-5-2-15(19)3-6-17/h2-8,11,22H,10H2,1H3. The van der Waals surface area contributed by atoms with Crippen LogP contribution in [-0.2, 0) is 6.54 Å². The molecule has 3 aromatic rings. The van der Waals surface area contributed by atoms with Gasteiger partial charge >= 0.3 is 0 Å². The predicted molar refractivity (Wildman–Crippen MR) is 96.8 cm³/mol. The maximum absolute atomic E-state index is 9.04. The molecule has 0 fully saturated rings. The number of nitrogens with zero attached hydrogens (tertiary/aromatic N) is 3. The Bertz CT molecular complexity index is 908. The van der Waals surface area contributed by atoms with Crippen LogP contribution in [0, 0.1) is 18.3 Å². The first-order valence-electron chi connectivity index (χ1n) is 7.31. The van der Waals surface area contributed by atoms with E-state index in [0.29, 0.717) is 22.2 Å². The minimum Gasteiger partial charge on any atom is -0.381 e. The van der Waals surface area contributed by atoms with Crippen molar-refractivity contribution in [2.24, 2.45) is 0 Å². The molecule has 3 rings (SSSR count). The highest BCUT2D eigenvalue weighted by atomic mass is 35.5. The Morgan fingerprint density at radius 3 is 2.62 bits per heavy atom. The molecule has 6 heteroatoms. The Balaban J connectivity index is 1.77. The summed E-state index contributed by atoms with van der Waals surface area (Å²) >= 11 is 11.9. The summed E-state index contributed by atoms with van der Waals surface area (Å²) in [5.41, 5.74) is 4.36. The van der Waals surface area contributed by atoms with Crippen LogP contribution in [0.3, 0.4) is 0 Å². The van der Waals surface area contributed by atoms with Gasteiger partial charge in [0, 0.05) is 28.5 Å². The van der Waals surface area contributed by atoms with E-state index in [9.17, 15) is 0 Å². The second-order valence-electron chi connectivity index (χ2n) is 5.30. The fourth-order valence-corrected chi connectivity index (χ4v) is 2.66. The van der Waals surface area contributed by atoms with E-state index in [1.54, 1.807) is 12.1 Å². The van der Waals surface area contributed by atoms with Crippen molar-refractivity contribution in [3.8, 4) is 11.8 Å². The van der Waals surface area contributed by atoms with Gasteiger partial charge in [0.25, 0.3) is 0 Å². The highest BCUT2D eigenvalue weighted by molar-refractivity contribution is 6.31. The van der Waals surface area contributed by atoms with E-state index in [1.165, 1.54) is 0 Å². The zero-order valence-electron chi connectivity index (χ0n) is 12.9. The van der Waals surface area contributed by atoms with Crippen LogP contribution in [0.4, 0.5) is 5.69 Å². The first kappa shape index (κ1) is 16.4. The molecule has 1 heterocycles. The number of anilines is 1. The number of halogens is 2. The van der Waals surface area contributed by atoms with Crippen LogP contribution in [0.1, 0.15) is 16.8 Å². The molecule has 0 amide bonds. The Hall–Kier alpha value is -2.48. The third-order valence-electron chi connectivity index (χ3n) is 3.75. The number of benzene rings is 2. The molecule has 0 aliphatic carbocycles. The van der Waals surface area contributed by atoms with Crippen LogP contribution in [0.15, 0.2) is 48.7 Å². The lowest BCUT2D eigenvalue weighted by molar-refractivity contribution is 0.844. The molecule has 0 aliphatic heterocycles. The van der Waals surface area contributed by atoms with Gasteiger partial charge in [-0.15, -0.1) is 0 Å². The maximum atomic E-state index is 9.04. The SMILES string of the molecule is Cc1c(CNc2ccc(Cl)c(C#N)c2)cnn1-c1ccc(Cl)cc1. The van der Waals surface area contributed by atoms with Gasteiger partial charge in [-0.3, -0.25) is 0 Å². The van der Waals surface area contributed by atoms with Crippen molar-refractivity contribution in [3.05, 3.63) is 75.5 Å². The van der Waals surface area contributed by atoms with Crippen molar-refractivity contribution in [2.45, 2.75) is 13.5 Å². The summed E-state index contributed by atoms with van der Waals surface area (Å²) in [5.74, 6) is 0. The van der Waals surface area contributed by atoms with Gasteiger partial charge in [-0.2, -0.15) is 10.4 Å². The van der Waals surface area contributed by atoms with Crippen LogP contribution in [-0.4, -0.2) is 9.78 Å². The van der Waals surface area contributed by atoms with Gasteiger partial charge in [-0.05, 0) is 49.4 Å². The molecule has 120 valence electrons. The second-order valence-corrected chi connectivity index (χ2v) is 6.15. The third-order valence-corrected chi connectivity index (χ3v) is 4.33. The van der Waals surface area contributed by atoms with Crippen LogP contribution >= 0.6 is 23.2 Å². The summed E-state index contributed by atoms with van der Waals surface area (Å²) in [6.07, 6.45) is 1.83. The highest BCUT2D eigenvalue weighted by Crippen LogP contribution is 2.21. The third kappa shape index (κ3) is 3.38. The van der Waals surface area contributed by atoms with Crippen molar-refractivity contribution in [1.29, 1.82) is 5.26 Å². The molecular weight excluding hydrogens is 343 g/mol. The lowest BCUT2D eigenvalue weighted by Crippen LogP contribution is -2.03. The van der Waals surface area contributed by atoms with Gasteiger partial charge in [0.15, 0.2) is 0 Å². The maximum Gasteiger partial charge on any atom is 0.101 e. The van der Waals surface area contributed by atoms with Crippen molar-refractivity contribution in [2.75, 3.05) is 5.32 Å². The molecule has 24 heavy (non-hydrogen) atoms. The van der Waals surface area contributed by atoms with Crippen LogP contribution in [0.25, 0.3) is 5.69 Å². The number of nitriles is 1.